The number of Topliss-reactive ketones (excluding diaryl/α,β-unsaturated/α-hetero) is 3. The predicted molar refractivity (Wildman–Crippen MR) is 94.5 cm³/mol. The lowest BCUT2D eigenvalue weighted by molar-refractivity contribution is -0.143. The third-order valence-corrected chi connectivity index (χ3v) is 4.59. The molecular formula is C20H30O4. The summed E-state index contributed by atoms with van der Waals surface area (Å²) in [7, 11) is 0. The number of hydrogen-bond donors (Lipinski definition) is 1. The number of aliphatic hydroxyl groups is 1. The molecule has 0 aromatic heterocycles. The molecule has 0 amide bonds. The fourth-order valence-electron chi connectivity index (χ4n) is 3.13. The summed E-state index contributed by atoms with van der Waals surface area (Å²) in [5, 5.41) is 11.0. The van der Waals surface area contributed by atoms with Crippen molar-refractivity contribution in [2.45, 2.75) is 66.4 Å². The largest absolute Gasteiger partial charge is 0.381 e. The van der Waals surface area contributed by atoms with E-state index in [0.29, 0.717) is 12.8 Å². The van der Waals surface area contributed by atoms with Crippen LogP contribution in [0, 0.1) is 17.8 Å². The Labute approximate surface area is 145 Å². The van der Waals surface area contributed by atoms with Gasteiger partial charge in [0.05, 0.1) is 5.92 Å². The van der Waals surface area contributed by atoms with Crippen LogP contribution in [0.5, 0.6) is 0 Å². The van der Waals surface area contributed by atoms with E-state index < -0.39 is 34.9 Å². The van der Waals surface area contributed by atoms with Gasteiger partial charge in [-0.05, 0) is 47.0 Å². The first kappa shape index (κ1) is 20.5. The molecule has 1 aliphatic rings. The summed E-state index contributed by atoms with van der Waals surface area (Å²) in [6, 6.07) is 0. The quantitative estimate of drug-likeness (QED) is 0.572. The highest BCUT2D eigenvalue weighted by Gasteiger charge is 2.60. The van der Waals surface area contributed by atoms with Crippen LogP contribution in [0.2, 0.25) is 0 Å². The normalized spacial score (nSPS) is 26.7. The molecule has 3 unspecified atom stereocenters. The first-order chi connectivity index (χ1) is 11.0. The number of rotatable bonds is 7. The van der Waals surface area contributed by atoms with Crippen molar-refractivity contribution in [2.24, 2.45) is 17.8 Å². The summed E-state index contributed by atoms with van der Waals surface area (Å²) in [6.07, 6.45) is 4.76. The molecule has 0 radical (unpaired) electrons. The molecule has 0 aromatic carbocycles. The lowest BCUT2D eigenvalue weighted by Crippen LogP contribution is -2.42. The minimum Gasteiger partial charge on any atom is -0.381 e. The van der Waals surface area contributed by atoms with Crippen LogP contribution in [0.3, 0.4) is 0 Å². The molecule has 0 aromatic rings. The van der Waals surface area contributed by atoms with Gasteiger partial charge in [-0.3, -0.25) is 14.4 Å². The van der Waals surface area contributed by atoms with Gasteiger partial charge in [-0.2, -0.15) is 0 Å². The van der Waals surface area contributed by atoms with E-state index in [2.05, 4.69) is 0 Å². The van der Waals surface area contributed by atoms with E-state index in [0.717, 1.165) is 11.1 Å². The van der Waals surface area contributed by atoms with Gasteiger partial charge in [-0.25, -0.2) is 0 Å². The third kappa shape index (κ3) is 4.29. The van der Waals surface area contributed by atoms with Crippen LogP contribution < -0.4 is 0 Å². The van der Waals surface area contributed by atoms with Crippen LogP contribution in [-0.2, 0) is 14.4 Å². The maximum absolute atomic E-state index is 12.8. The molecule has 24 heavy (non-hydrogen) atoms. The fourth-order valence-corrected chi connectivity index (χ4v) is 3.13. The Morgan fingerprint density at radius 2 is 1.67 bits per heavy atom. The van der Waals surface area contributed by atoms with Gasteiger partial charge in [0.2, 0.25) is 0 Å². The molecule has 0 spiro atoms. The molecule has 4 nitrogen and oxygen atoms in total. The van der Waals surface area contributed by atoms with Crippen molar-refractivity contribution >= 4 is 17.3 Å². The summed E-state index contributed by atoms with van der Waals surface area (Å²) < 4.78 is 0. The summed E-state index contributed by atoms with van der Waals surface area (Å²) in [6.45, 7) is 11.0. The third-order valence-electron chi connectivity index (χ3n) is 4.59. The molecule has 1 fully saturated rings. The zero-order chi connectivity index (χ0) is 18.7. The van der Waals surface area contributed by atoms with Gasteiger partial charge < -0.3 is 5.11 Å². The predicted octanol–water partition coefficient (Wildman–Crippen LogP) is 3.43. The summed E-state index contributed by atoms with van der Waals surface area (Å²) in [4.78, 5) is 37.9. The van der Waals surface area contributed by atoms with Crippen LogP contribution in [0.15, 0.2) is 23.3 Å². The molecular weight excluding hydrogens is 304 g/mol. The first-order valence-electron chi connectivity index (χ1n) is 8.63. The average Bonchev–Trinajstić information content (AvgIpc) is 2.63. The highest BCUT2D eigenvalue weighted by Crippen LogP contribution is 2.41. The van der Waals surface area contributed by atoms with Gasteiger partial charge >= 0.3 is 0 Å². The second-order valence-electron chi connectivity index (χ2n) is 7.57. The van der Waals surface area contributed by atoms with Crippen molar-refractivity contribution in [1.82, 2.24) is 0 Å². The smallest absolute Gasteiger partial charge is 0.182 e. The average molecular weight is 334 g/mol. The van der Waals surface area contributed by atoms with E-state index in [1.165, 1.54) is 0 Å². The van der Waals surface area contributed by atoms with Crippen LogP contribution in [0.4, 0.5) is 0 Å². The SMILES string of the molecule is CC(C)=CCCC1(O)C(=O)C(C(=O)C(C)C)C(=O)C1CC=C(C)C. The molecule has 1 saturated carbocycles. The van der Waals surface area contributed by atoms with Gasteiger partial charge in [0.25, 0.3) is 0 Å². The van der Waals surface area contributed by atoms with Gasteiger partial charge in [-0.15, -0.1) is 0 Å². The van der Waals surface area contributed by atoms with Crippen molar-refractivity contribution < 1.29 is 19.5 Å². The van der Waals surface area contributed by atoms with E-state index in [1.54, 1.807) is 13.8 Å². The lowest BCUT2D eigenvalue weighted by atomic mass is 9.82. The number of carbonyl (C=O) groups is 3. The summed E-state index contributed by atoms with van der Waals surface area (Å²) in [5.41, 5.74) is 0.357. The monoisotopic (exact) mass is 334 g/mol. The van der Waals surface area contributed by atoms with E-state index in [4.69, 9.17) is 0 Å². The zero-order valence-electron chi connectivity index (χ0n) is 15.7. The minimum atomic E-state index is -1.75. The Morgan fingerprint density at radius 3 is 2.12 bits per heavy atom. The molecule has 1 N–H and O–H groups in total. The van der Waals surface area contributed by atoms with E-state index >= 15 is 0 Å². The van der Waals surface area contributed by atoms with Crippen LogP contribution in [0.25, 0.3) is 0 Å². The standard InChI is InChI=1S/C20H30O4/c1-12(2)8-7-11-20(24)15(10-9-13(3)4)18(22)16(19(20)23)17(21)14(5)6/h8-9,14-16,24H,7,10-11H2,1-6H3. The maximum Gasteiger partial charge on any atom is 0.182 e. The van der Waals surface area contributed by atoms with Crippen LogP contribution >= 0.6 is 0 Å². The van der Waals surface area contributed by atoms with Crippen molar-refractivity contribution in [3.05, 3.63) is 23.3 Å². The van der Waals surface area contributed by atoms with E-state index in [1.807, 2.05) is 39.8 Å². The molecule has 0 saturated heterocycles. The Balaban J connectivity index is 3.20. The number of ketones is 3. The van der Waals surface area contributed by atoms with Crippen molar-refractivity contribution in [3.63, 3.8) is 0 Å². The fraction of sp³-hybridized carbons (Fsp3) is 0.650. The van der Waals surface area contributed by atoms with E-state index in [9.17, 15) is 19.5 Å². The van der Waals surface area contributed by atoms with Gasteiger partial charge in [0.15, 0.2) is 17.3 Å². The van der Waals surface area contributed by atoms with Crippen molar-refractivity contribution in [1.29, 1.82) is 0 Å². The molecule has 4 heteroatoms. The molecule has 0 aliphatic heterocycles. The molecule has 0 heterocycles. The molecule has 1 aliphatic carbocycles. The number of carbonyl (C=O) groups excluding carboxylic acids is 3. The Bertz CT molecular complexity index is 574. The maximum atomic E-state index is 12.8. The summed E-state index contributed by atoms with van der Waals surface area (Å²) >= 11 is 0. The van der Waals surface area contributed by atoms with Crippen molar-refractivity contribution in [2.75, 3.05) is 0 Å². The van der Waals surface area contributed by atoms with Crippen molar-refractivity contribution in [3.8, 4) is 0 Å². The number of allylic oxidation sites excluding steroid dienone is 4. The van der Waals surface area contributed by atoms with Gasteiger partial charge in [0.1, 0.15) is 11.5 Å². The topological polar surface area (TPSA) is 71.4 Å². The number of hydrogen-bond acceptors (Lipinski definition) is 4. The molecule has 0 bridgehead atoms. The minimum absolute atomic E-state index is 0.173. The first-order valence-corrected chi connectivity index (χ1v) is 8.63. The highest BCUT2D eigenvalue weighted by atomic mass is 16.3. The van der Waals surface area contributed by atoms with E-state index in [-0.39, 0.29) is 12.2 Å². The van der Waals surface area contributed by atoms with Crippen LogP contribution in [0.1, 0.15) is 60.8 Å². The lowest BCUT2D eigenvalue weighted by Gasteiger charge is -2.26. The van der Waals surface area contributed by atoms with Gasteiger partial charge in [0, 0.05) is 5.92 Å². The molecule has 1 rings (SSSR count). The Hall–Kier alpha value is -1.55. The second-order valence-corrected chi connectivity index (χ2v) is 7.57. The Kier molecular flexibility index (Phi) is 6.85. The molecule has 3 atom stereocenters. The second kappa shape index (κ2) is 8.02. The Morgan fingerprint density at radius 1 is 1.12 bits per heavy atom. The van der Waals surface area contributed by atoms with Crippen LogP contribution in [-0.4, -0.2) is 28.1 Å². The summed E-state index contributed by atoms with van der Waals surface area (Å²) in [5.74, 6) is -3.97. The highest BCUT2D eigenvalue weighted by molar-refractivity contribution is 6.27. The van der Waals surface area contributed by atoms with Gasteiger partial charge in [-0.1, -0.05) is 37.1 Å². The molecule has 134 valence electrons. The zero-order valence-corrected chi connectivity index (χ0v) is 15.7.